The number of nitrogens with one attached hydrogen (secondary N) is 1. The molecule has 0 amide bonds. The number of hydrogen-bond acceptors (Lipinski definition) is 1. The third-order valence-corrected chi connectivity index (χ3v) is 2.95. The van der Waals surface area contributed by atoms with E-state index in [9.17, 15) is 8.78 Å². The zero-order valence-corrected chi connectivity index (χ0v) is 10.9. The van der Waals surface area contributed by atoms with Crippen LogP contribution in [0.5, 0.6) is 0 Å². The Hall–Kier alpha value is -1.74. The van der Waals surface area contributed by atoms with Crippen LogP contribution in [0.1, 0.15) is 18.9 Å². The molecule has 0 aliphatic carbocycles. The van der Waals surface area contributed by atoms with Crippen molar-refractivity contribution >= 4 is 0 Å². The summed E-state index contributed by atoms with van der Waals surface area (Å²) in [5, 5.41) is 3.16. The van der Waals surface area contributed by atoms with Gasteiger partial charge in [-0.2, -0.15) is 0 Å². The lowest BCUT2D eigenvalue weighted by Crippen LogP contribution is -2.14. The second kappa shape index (κ2) is 6.43. The van der Waals surface area contributed by atoms with E-state index in [4.69, 9.17) is 0 Å². The molecule has 1 nitrogen and oxygen atoms in total. The fraction of sp³-hybridized carbons (Fsp3) is 0.250. The molecule has 2 aromatic rings. The van der Waals surface area contributed by atoms with E-state index in [0.29, 0.717) is 23.2 Å². The smallest absolute Gasteiger partial charge is 0.128 e. The van der Waals surface area contributed by atoms with E-state index in [-0.39, 0.29) is 11.6 Å². The van der Waals surface area contributed by atoms with E-state index >= 15 is 0 Å². The van der Waals surface area contributed by atoms with Crippen molar-refractivity contribution in [1.29, 1.82) is 0 Å². The number of halogens is 2. The summed E-state index contributed by atoms with van der Waals surface area (Å²) in [6.45, 7) is 3.45. The highest BCUT2D eigenvalue weighted by molar-refractivity contribution is 5.63. The molecule has 0 heterocycles. The maximum Gasteiger partial charge on any atom is 0.128 e. The van der Waals surface area contributed by atoms with Crippen LogP contribution in [0.4, 0.5) is 8.78 Å². The Morgan fingerprint density at radius 2 is 1.79 bits per heavy atom. The lowest BCUT2D eigenvalue weighted by Gasteiger charge is -2.07. The highest BCUT2D eigenvalue weighted by atomic mass is 19.1. The molecule has 0 aliphatic heterocycles. The second-order valence-electron chi connectivity index (χ2n) is 4.49. The van der Waals surface area contributed by atoms with Crippen LogP contribution >= 0.6 is 0 Å². The monoisotopic (exact) mass is 261 g/mol. The summed E-state index contributed by atoms with van der Waals surface area (Å²) in [4.78, 5) is 0. The summed E-state index contributed by atoms with van der Waals surface area (Å²) in [6.07, 6.45) is 1.02. The predicted octanol–water partition coefficient (Wildman–Crippen LogP) is 4.13. The van der Waals surface area contributed by atoms with E-state index in [0.717, 1.165) is 13.0 Å². The molecule has 100 valence electrons. The summed E-state index contributed by atoms with van der Waals surface area (Å²) in [6, 6.07) is 11.2. The summed E-state index contributed by atoms with van der Waals surface area (Å²) in [5.74, 6) is -0.572. The highest BCUT2D eigenvalue weighted by Crippen LogP contribution is 2.22. The molecule has 0 atom stereocenters. The Bertz CT molecular complexity index is 552. The first-order chi connectivity index (χ1) is 9.20. The number of rotatable bonds is 5. The maximum absolute atomic E-state index is 13.9. The molecule has 0 fully saturated rings. The van der Waals surface area contributed by atoms with E-state index in [1.165, 1.54) is 18.2 Å². The first kappa shape index (κ1) is 13.7. The van der Waals surface area contributed by atoms with Crippen LogP contribution in [0.25, 0.3) is 11.1 Å². The molecule has 0 bridgehead atoms. The molecule has 0 saturated carbocycles. The van der Waals surface area contributed by atoms with E-state index in [1.807, 2.05) is 6.07 Å². The van der Waals surface area contributed by atoms with Gasteiger partial charge in [0.2, 0.25) is 0 Å². The van der Waals surface area contributed by atoms with Crippen LogP contribution in [0, 0.1) is 11.6 Å². The molecule has 1 N–H and O–H groups in total. The van der Waals surface area contributed by atoms with Crippen molar-refractivity contribution in [2.45, 2.75) is 19.9 Å². The van der Waals surface area contributed by atoms with Gasteiger partial charge in [0.05, 0.1) is 0 Å². The molecule has 0 unspecified atom stereocenters. The van der Waals surface area contributed by atoms with Gasteiger partial charge in [-0.25, -0.2) is 8.78 Å². The van der Waals surface area contributed by atoms with Crippen molar-refractivity contribution in [2.24, 2.45) is 0 Å². The maximum atomic E-state index is 13.9. The quantitative estimate of drug-likeness (QED) is 0.798. The van der Waals surface area contributed by atoms with Gasteiger partial charge < -0.3 is 5.32 Å². The first-order valence-corrected chi connectivity index (χ1v) is 6.46. The molecule has 0 spiro atoms. The van der Waals surface area contributed by atoms with Crippen molar-refractivity contribution < 1.29 is 8.78 Å². The van der Waals surface area contributed by atoms with Crippen molar-refractivity contribution in [2.75, 3.05) is 6.54 Å². The second-order valence-corrected chi connectivity index (χ2v) is 4.49. The Labute approximate surface area is 112 Å². The topological polar surface area (TPSA) is 12.0 Å². The van der Waals surface area contributed by atoms with Gasteiger partial charge in [0, 0.05) is 12.1 Å². The molecular formula is C16H17F2N. The summed E-state index contributed by atoms with van der Waals surface area (Å²) in [7, 11) is 0. The van der Waals surface area contributed by atoms with Crippen molar-refractivity contribution in [1.82, 2.24) is 5.32 Å². The fourth-order valence-corrected chi connectivity index (χ4v) is 1.94. The normalized spacial score (nSPS) is 10.7. The largest absolute Gasteiger partial charge is 0.313 e. The Kier molecular flexibility index (Phi) is 4.63. The van der Waals surface area contributed by atoms with Crippen LogP contribution in [-0.4, -0.2) is 6.54 Å². The van der Waals surface area contributed by atoms with Crippen LogP contribution in [0.2, 0.25) is 0 Å². The average molecular weight is 261 g/mol. The van der Waals surface area contributed by atoms with Gasteiger partial charge in [-0.05, 0) is 42.3 Å². The molecule has 19 heavy (non-hydrogen) atoms. The van der Waals surface area contributed by atoms with Gasteiger partial charge in [0.1, 0.15) is 11.6 Å². The van der Waals surface area contributed by atoms with Crippen LogP contribution in [0.3, 0.4) is 0 Å². The summed E-state index contributed by atoms with van der Waals surface area (Å²) >= 11 is 0. The third-order valence-electron chi connectivity index (χ3n) is 2.95. The van der Waals surface area contributed by atoms with Crippen molar-refractivity contribution in [3.8, 4) is 11.1 Å². The third kappa shape index (κ3) is 3.61. The van der Waals surface area contributed by atoms with Gasteiger partial charge in [0.25, 0.3) is 0 Å². The van der Waals surface area contributed by atoms with Gasteiger partial charge in [0.15, 0.2) is 0 Å². The zero-order valence-electron chi connectivity index (χ0n) is 10.9. The van der Waals surface area contributed by atoms with Crippen molar-refractivity contribution in [3.63, 3.8) is 0 Å². The molecule has 0 aromatic heterocycles. The van der Waals surface area contributed by atoms with Gasteiger partial charge in [-0.3, -0.25) is 0 Å². The molecule has 0 aliphatic rings. The van der Waals surface area contributed by atoms with Gasteiger partial charge in [-0.1, -0.05) is 31.2 Å². The lowest BCUT2D eigenvalue weighted by atomic mass is 10.0. The van der Waals surface area contributed by atoms with Gasteiger partial charge >= 0.3 is 0 Å². The van der Waals surface area contributed by atoms with Crippen LogP contribution in [0.15, 0.2) is 42.5 Å². The molecule has 0 saturated heterocycles. The Morgan fingerprint density at radius 1 is 1.00 bits per heavy atom. The molecular weight excluding hydrogens is 244 g/mol. The molecule has 2 rings (SSSR count). The lowest BCUT2D eigenvalue weighted by molar-refractivity contribution is 0.587. The average Bonchev–Trinajstić information content (AvgIpc) is 2.41. The van der Waals surface area contributed by atoms with Crippen LogP contribution < -0.4 is 5.32 Å². The number of hydrogen-bond donors (Lipinski definition) is 1. The van der Waals surface area contributed by atoms with E-state index in [1.54, 1.807) is 18.2 Å². The summed E-state index contributed by atoms with van der Waals surface area (Å²) in [5.41, 5.74) is 2.01. The molecule has 3 heteroatoms. The minimum atomic E-state index is -0.313. The first-order valence-electron chi connectivity index (χ1n) is 6.46. The van der Waals surface area contributed by atoms with E-state index in [2.05, 4.69) is 12.2 Å². The van der Waals surface area contributed by atoms with E-state index < -0.39 is 0 Å². The van der Waals surface area contributed by atoms with Crippen molar-refractivity contribution in [3.05, 3.63) is 59.7 Å². The Balaban J connectivity index is 2.19. The molecule has 0 radical (unpaired) electrons. The molecule has 2 aromatic carbocycles. The predicted molar refractivity (Wildman–Crippen MR) is 73.8 cm³/mol. The van der Waals surface area contributed by atoms with Gasteiger partial charge in [-0.15, -0.1) is 0 Å². The fourth-order valence-electron chi connectivity index (χ4n) is 1.94. The standard InChI is InChI=1S/C16H17F2N/c1-2-8-19-11-14-7-6-13(10-16(14)18)12-4-3-5-15(17)9-12/h3-7,9-10,19H,2,8,11H2,1H3. The summed E-state index contributed by atoms with van der Waals surface area (Å²) < 4.78 is 27.1. The minimum Gasteiger partial charge on any atom is -0.313 e. The highest BCUT2D eigenvalue weighted by Gasteiger charge is 2.05. The Morgan fingerprint density at radius 3 is 2.47 bits per heavy atom. The SMILES string of the molecule is CCCNCc1ccc(-c2cccc(F)c2)cc1F. The number of benzene rings is 2. The zero-order chi connectivity index (χ0) is 13.7. The van der Waals surface area contributed by atoms with Crippen LogP contribution in [-0.2, 0) is 6.54 Å². The minimum absolute atomic E-state index is 0.259.